The van der Waals surface area contributed by atoms with Crippen LogP contribution in [0.5, 0.6) is 0 Å². The van der Waals surface area contributed by atoms with E-state index in [1.807, 2.05) is 0 Å². The van der Waals surface area contributed by atoms with Gasteiger partial charge in [0.15, 0.2) is 5.13 Å². The van der Waals surface area contributed by atoms with Gasteiger partial charge in [0.25, 0.3) is 0 Å². The molecule has 0 spiro atoms. The van der Waals surface area contributed by atoms with Crippen molar-refractivity contribution in [3.05, 3.63) is 40.4 Å². The van der Waals surface area contributed by atoms with Crippen molar-refractivity contribution in [3.8, 4) is 0 Å². The van der Waals surface area contributed by atoms with Crippen molar-refractivity contribution in [2.45, 2.75) is 33.1 Å². The Bertz CT molecular complexity index is 585. The minimum atomic E-state index is -1.11. The number of carboxylic acids is 1. The van der Waals surface area contributed by atoms with Crippen molar-refractivity contribution in [1.82, 2.24) is 4.98 Å². The number of carboxylic acid groups (broad SMARTS) is 1. The summed E-state index contributed by atoms with van der Waals surface area (Å²) in [6, 6.07) is 6.25. The lowest BCUT2D eigenvalue weighted by molar-refractivity contribution is -0.304. The van der Waals surface area contributed by atoms with Crippen LogP contribution in [0.15, 0.2) is 23.6 Å². The molecule has 0 amide bonds. The standard InChI is InChI=1S/C15H18N2O2S/c1-3-10-6-5-7-11(4-2)14(10)17-15-16-12(9-20-15)8-13(18)19/h5-7,9H,3-4,8H2,1-2H3,(H,16,17)(H,18,19)/p-1. The van der Waals surface area contributed by atoms with Crippen molar-refractivity contribution in [3.63, 3.8) is 0 Å². The summed E-state index contributed by atoms with van der Waals surface area (Å²) in [5.74, 6) is -1.11. The summed E-state index contributed by atoms with van der Waals surface area (Å²) in [6.45, 7) is 4.23. The minimum Gasteiger partial charge on any atom is -0.550 e. The van der Waals surface area contributed by atoms with E-state index in [-0.39, 0.29) is 6.42 Å². The second-order valence-electron chi connectivity index (χ2n) is 4.48. The Morgan fingerprint density at radius 1 is 1.30 bits per heavy atom. The third kappa shape index (κ3) is 3.36. The smallest absolute Gasteiger partial charge is 0.187 e. The zero-order valence-corrected chi connectivity index (χ0v) is 12.4. The van der Waals surface area contributed by atoms with Gasteiger partial charge in [0.1, 0.15) is 0 Å². The number of rotatable bonds is 6. The summed E-state index contributed by atoms with van der Waals surface area (Å²) < 4.78 is 0. The van der Waals surface area contributed by atoms with Crippen LogP contribution in [0.4, 0.5) is 10.8 Å². The SMILES string of the molecule is CCc1cccc(CC)c1Nc1nc(CC(=O)[O-])cs1. The molecule has 2 rings (SSSR count). The lowest BCUT2D eigenvalue weighted by Gasteiger charge is -2.13. The van der Waals surface area contributed by atoms with Gasteiger partial charge in [-0.15, -0.1) is 11.3 Å². The van der Waals surface area contributed by atoms with Crippen molar-refractivity contribution in [1.29, 1.82) is 0 Å². The molecule has 0 radical (unpaired) electrons. The molecule has 0 fully saturated rings. The van der Waals surface area contributed by atoms with Gasteiger partial charge in [-0.05, 0) is 24.0 Å². The van der Waals surface area contributed by atoms with E-state index in [0.717, 1.165) is 23.7 Å². The molecule has 1 N–H and O–H groups in total. The van der Waals surface area contributed by atoms with E-state index in [9.17, 15) is 9.90 Å². The van der Waals surface area contributed by atoms with Crippen LogP contribution in [0, 0.1) is 0 Å². The second-order valence-corrected chi connectivity index (χ2v) is 5.33. The van der Waals surface area contributed by atoms with E-state index in [1.54, 1.807) is 5.38 Å². The highest BCUT2D eigenvalue weighted by molar-refractivity contribution is 7.13. The zero-order chi connectivity index (χ0) is 14.5. The number of benzene rings is 1. The zero-order valence-electron chi connectivity index (χ0n) is 11.6. The van der Waals surface area contributed by atoms with Crippen LogP contribution >= 0.6 is 11.3 Å². The predicted octanol–water partition coefficient (Wildman–Crippen LogP) is 2.30. The Morgan fingerprint density at radius 3 is 2.50 bits per heavy atom. The normalized spacial score (nSPS) is 10.5. The molecule has 0 saturated heterocycles. The van der Waals surface area contributed by atoms with Crippen LogP contribution in [0.25, 0.3) is 0 Å². The highest BCUT2D eigenvalue weighted by Crippen LogP contribution is 2.28. The van der Waals surface area contributed by atoms with E-state index in [0.29, 0.717) is 5.69 Å². The van der Waals surface area contributed by atoms with Crippen molar-refractivity contribution in [2.24, 2.45) is 0 Å². The largest absolute Gasteiger partial charge is 0.550 e. The molecule has 0 atom stereocenters. The molecular weight excluding hydrogens is 272 g/mol. The third-order valence-corrected chi connectivity index (χ3v) is 3.91. The predicted molar refractivity (Wildman–Crippen MR) is 79.3 cm³/mol. The molecule has 1 aromatic carbocycles. The number of hydrogen-bond acceptors (Lipinski definition) is 5. The Morgan fingerprint density at radius 2 is 1.95 bits per heavy atom. The summed E-state index contributed by atoms with van der Waals surface area (Å²) in [5, 5.41) is 16.4. The molecule has 0 bridgehead atoms. The maximum absolute atomic E-state index is 10.6. The fraction of sp³-hybridized carbons (Fsp3) is 0.333. The molecule has 1 aromatic heterocycles. The Kier molecular flexibility index (Phi) is 4.74. The molecule has 2 aromatic rings. The molecule has 5 heteroatoms. The number of hydrogen-bond donors (Lipinski definition) is 1. The summed E-state index contributed by atoms with van der Waals surface area (Å²) in [5.41, 5.74) is 4.10. The number of carbonyl (C=O) groups is 1. The quantitative estimate of drug-likeness (QED) is 0.886. The van der Waals surface area contributed by atoms with Crippen molar-refractivity contribution < 1.29 is 9.90 Å². The van der Waals surface area contributed by atoms with Crippen LogP contribution in [0.2, 0.25) is 0 Å². The Labute approximate surface area is 122 Å². The molecule has 0 aliphatic carbocycles. The number of nitrogens with one attached hydrogen (secondary N) is 1. The van der Waals surface area contributed by atoms with Gasteiger partial charge in [0.2, 0.25) is 0 Å². The molecule has 0 saturated carbocycles. The lowest BCUT2D eigenvalue weighted by atomic mass is 10.0. The van der Waals surface area contributed by atoms with E-state index in [4.69, 9.17) is 0 Å². The van der Waals surface area contributed by atoms with Gasteiger partial charge in [-0.25, -0.2) is 4.98 Å². The number of para-hydroxylation sites is 1. The van der Waals surface area contributed by atoms with E-state index in [2.05, 4.69) is 42.3 Å². The maximum Gasteiger partial charge on any atom is 0.187 e. The van der Waals surface area contributed by atoms with Gasteiger partial charge in [0.05, 0.1) is 5.69 Å². The summed E-state index contributed by atoms with van der Waals surface area (Å²) in [7, 11) is 0. The van der Waals surface area contributed by atoms with Gasteiger partial charge in [-0.1, -0.05) is 32.0 Å². The fourth-order valence-electron chi connectivity index (χ4n) is 2.10. The van der Waals surface area contributed by atoms with Crippen LogP contribution in [-0.2, 0) is 24.1 Å². The van der Waals surface area contributed by atoms with E-state index < -0.39 is 5.97 Å². The van der Waals surface area contributed by atoms with Crippen LogP contribution in [0.3, 0.4) is 0 Å². The number of aliphatic carboxylic acids is 1. The molecular formula is C15H17N2O2S-. The van der Waals surface area contributed by atoms with Crippen LogP contribution in [-0.4, -0.2) is 11.0 Å². The molecule has 0 aliphatic rings. The fourth-order valence-corrected chi connectivity index (χ4v) is 2.82. The van der Waals surface area contributed by atoms with Crippen LogP contribution < -0.4 is 10.4 Å². The lowest BCUT2D eigenvalue weighted by Crippen LogP contribution is -2.24. The Balaban J connectivity index is 2.25. The number of thiazole rings is 1. The highest BCUT2D eigenvalue weighted by atomic mass is 32.1. The van der Waals surface area contributed by atoms with Gasteiger partial charge in [-0.3, -0.25) is 0 Å². The summed E-state index contributed by atoms with van der Waals surface area (Å²) >= 11 is 1.41. The van der Waals surface area contributed by atoms with E-state index >= 15 is 0 Å². The first-order valence-corrected chi connectivity index (χ1v) is 7.54. The molecule has 1 heterocycles. The number of nitrogens with zero attached hydrogens (tertiary/aromatic N) is 1. The first-order chi connectivity index (χ1) is 9.63. The van der Waals surface area contributed by atoms with Crippen molar-refractivity contribution in [2.75, 3.05) is 5.32 Å². The number of anilines is 2. The average molecular weight is 289 g/mol. The highest BCUT2D eigenvalue weighted by Gasteiger charge is 2.09. The van der Waals surface area contributed by atoms with Gasteiger partial charge in [0, 0.05) is 23.5 Å². The molecule has 106 valence electrons. The van der Waals surface area contributed by atoms with Gasteiger partial charge in [-0.2, -0.15) is 0 Å². The topological polar surface area (TPSA) is 65.0 Å². The molecule has 0 unspecified atom stereocenters. The number of carbonyl (C=O) groups excluding carboxylic acids is 1. The third-order valence-electron chi connectivity index (χ3n) is 3.11. The monoisotopic (exact) mass is 289 g/mol. The number of aromatic nitrogens is 1. The van der Waals surface area contributed by atoms with Gasteiger partial charge < -0.3 is 15.2 Å². The first-order valence-electron chi connectivity index (χ1n) is 6.66. The van der Waals surface area contributed by atoms with Crippen molar-refractivity contribution >= 4 is 28.1 Å². The summed E-state index contributed by atoms with van der Waals surface area (Å²) in [4.78, 5) is 14.9. The molecule has 4 nitrogen and oxygen atoms in total. The van der Waals surface area contributed by atoms with Gasteiger partial charge >= 0.3 is 0 Å². The molecule has 0 aliphatic heterocycles. The Hall–Kier alpha value is -1.88. The average Bonchev–Trinajstić information content (AvgIpc) is 2.85. The molecule has 20 heavy (non-hydrogen) atoms. The first kappa shape index (κ1) is 14.5. The summed E-state index contributed by atoms with van der Waals surface area (Å²) in [6.07, 6.45) is 1.73. The van der Waals surface area contributed by atoms with E-state index in [1.165, 1.54) is 22.5 Å². The van der Waals surface area contributed by atoms with Crippen LogP contribution in [0.1, 0.15) is 30.7 Å². The number of aryl methyl sites for hydroxylation is 2. The maximum atomic E-state index is 10.6. The second kappa shape index (κ2) is 6.52. The minimum absolute atomic E-state index is 0.145.